The van der Waals surface area contributed by atoms with Gasteiger partial charge < -0.3 is 9.47 Å². The number of nitrogens with zero attached hydrogens (tertiary/aromatic N) is 1. The van der Waals surface area contributed by atoms with Crippen molar-refractivity contribution < 1.29 is 19.1 Å². The minimum Gasteiger partial charge on any atom is -0.490 e. The van der Waals surface area contributed by atoms with E-state index < -0.39 is 5.97 Å². The summed E-state index contributed by atoms with van der Waals surface area (Å²) < 4.78 is 11.7. The second-order valence-electron chi connectivity index (χ2n) is 6.33. The van der Waals surface area contributed by atoms with Crippen molar-refractivity contribution in [3.63, 3.8) is 0 Å². The monoisotopic (exact) mass is 534 g/mol. The maximum Gasteiger partial charge on any atom is 0.345 e. The molecular weight excluding hydrogens is 519 g/mol. The second-order valence-corrected chi connectivity index (χ2v) is 8.03. The number of rotatable bonds is 7. The Bertz CT molecular complexity index is 1180. The molecule has 0 aromatic heterocycles. The average molecular weight is 536 g/mol. The highest BCUT2D eigenvalue weighted by Gasteiger charge is 2.16. The molecule has 0 heterocycles. The number of hydrazone groups is 1. The molecule has 9 heteroatoms. The van der Waals surface area contributed by atoms with E-state index in [9.17, 15) is 9.59 Å². The van der Waals surface area contributed by atoms with Crippen molar-refractivity contribution in [3.8, 4) is 11.5 Å². The normalized spacial score (nSPS) is 10.8. The van der Waals surface area contributed by atoms with E-state index in [0.29, 0.717) is 33.0 Å². The third-order valence-corrected chi connectivity index (χ3v) is 5.36. The lowest BCUT2D eigenvalue weighted by atomic mass is 10.2. The molecular formula is C23H17BrCl2N2O4. The lowest BCUT2D eigenvalue weighted by Crippen LogP contribution is -2.18. The molecule has 1 N–H and O–H groups in total. The van der Waals surface area contributed by atoms with Gasteiger partial charge in [0.1, 0.15) is 0 Å². The van der Waals surface area contributed by atoms with Crippen LogP contribution in [0.1, 0.15) is 33.2 Å². The zero-order chi connectivity index (χ0) is 23.1. The molecule has 0 bridgehead atoms. The second kappa shape index (κ2) is 11.1. The molecule has 3 aromatic rings. The first-order chi connectivity index (χ1) is 15.4. The van der Waals surface area contributed by atoms with Crippen molar-refractivity contribution in [2.24, 2.45) is 5.10 Å². The smallest absolute Gasteiger partial charge is 0.345 e. The SMILES string of the molecule is CCOc1cc(/C=N\NC(=O)c2ccccc2Br)ccc1OC(=O)c1ccc(Cl)cc1Cl. The van der Waals surface area contributed by atoms with Gasteiger partial charge in [0.2, 0.25) is 0 Å². The Labute approximate surface area is 203 Å². The summed E-state index contributed by atoms with van der Waals surface area (Å²) in [5.41, 5.74) is 3.74. The van der Waals surface area contributed by atoms with Gasteiger partial charge in [-0.3, -0.25) is 4.79 Å². The Morgan fingerprint density at radius 1 is 1.03 bits per heavy atom. The Morgan fingerprint density at radius 3 is 2.53 bits per heavy atom. The minimum absolute atomic E-state index is 0.180. The molecule has 32 heavy (non-hydrogen) atoms. The van der Waals surface area contributed by atoms with Crippen LogP contribution in [0.15, 0.2) is 70.2 Å². The standard InChI is InChI=1S/C23H17BrCl2N2O4/c1-2-31-21-11-14(13-27-28-22(29)16-5-3-4-6-18(16)24)7-10-20(21)32-23(30)17-9-8-15(25)12-19(17)26/h3-13H,2H2,1H3,(H,28,29)/b27-13-. The van der Waals surface area contributed by atoms with E-state index in [1.807, 2.05) is 6.07 Å². The van der Waals surface area contributed by atoms with Crippen LogP contribution in [-0.2, 0) is 0 Å². The van der Waals surface area contributed by atoms with E-state index in [4.69, 9.17) is 32.7 Å². The number of nitrogens with one attached hydrogen (secondary N) is 1. The highest BCUT2D eigenvalue weighted by Crippen LogP contribution is 2.30. The van der Waals surface area contributed by atoms with Crippen LogP contribution in [0.5, 0.6) is 11.5 Å². The fourth-order valence-electron chi connectivity index (χ4n) is 2.64. The highest BCUT2D eigenvalue weighted by atomic mass is 79.9. The van der Waals surface area contributed by atoms with Gasteiger partial charge in [-0.2, -0.15) is 5.10 Å². The fraction of sp³-hybridized carbons (Fsp3) is 0.0870. The summed E-state index contributed by atoms with van der Waals surface area (Å²) in [5.74, 6) is -0.442. The first kappa shape index (κ1) is 23.8. The van der Waals surface area contributed by atoms with Crippen LogP contribution in [0.25, 0.3) is 0 Å². The molecule has 6 nitrogen and oxygen atoms in total. The van der Waals surface area contributed by atoms with Gasteiger partial charge in [-0.15, -0.1) is 0 Å². The summed E-state index contributed by atoms with van der Waals surface area (Å²) >= 11 is 15.3. The van der Waals surface area contributed by atoms with Crippen molar-refractivity contribution >= 4 is 57.2 Å². The molecule has 3 rings (SSSR count). The van der Waals surface area contributed by atoms with E-state index in [2.05, 4.69) is 26.5 Å². The number of esters is 1. The highest BCUT2D eigenvalue weighted by molar-refractivity contribution is 9.10. The number of benzene rings is 3. The molecule has 1 amide bonds. The van der Waals surface area contributed by atoms with E-state index in [1.165, 1.54) is 18.3 Å². The zero-order valence-electron chi connectivity index (χ0n) is 16.8. The quantitative estimate of drug-likeness (QED) is 0.171. The Morgan fingerprint density at radius 2 is 1.81 bits per heavy atom. The van der Waals surface area contributed by atoms with E-state index in [0.717, 1.165) is 0 Å². The van der Waals surface area contributed by atoms with Crippen LogP contribution in [0, 0.1) is 0 Å². The van der Waals surface area contributed by atoms with E-state index >= 15 is 0 Å². The molecule has 164 valence electrons. The molecule has 0 aliphatic heterocycles. The third-order valence-electron chi connectivity index (χ3n) is 4.12. The van der Waals surface area contributed by atoms with Gasteiger partial charge in [0.15, 0.2) is 11.5 Å². The number of hydrogen-bond donors (Lipinski definition) is 1. The first-order valence-corrected chi connectivity index (χ1v) is 11.0. The number of carbonyl (C=O) groups is 2. The Kier molecular flexibility index (Phi) is 8.27. The number of ether oxygens (including phenoxy) is 2. The van der Waals surface area contributed by atoms with Gasteiger partial charge in [-0.05, 0) is 76.9 Å². The van der Waals surface area contributed by atoms with Gasteiger partial charge in [0.25, 0.3) is 5.91 Å². The first-order valence-electron chi connectivity index (χ1n) is 9.41. The summed E-state index contributed by atoms with van der Waals surface area (Å²) in [6.45, 7) is 2.16. The molecule has 0 unspecified atom stereocenters. The molecule has 0 aliphatic rings. The number of hydrogen-bond acceptors (Lipinski definition) is 5. The van der Waals surface area contributed by atoms with Gasteiger partial charge in [-0.25, -0.2) is 10.2 Å². The summed E-state index contributed by atoms with van der Waals surface area (Å²) in [6, 6.07) is 16.4. The molecule has 0 atom stereocenters. The number of carbonyl (C=O) groups excluding carboxylic acids is 2. The van der Waals surface area contributed by atoms with Crippen molar-refractivity contribution in [1.29, 1.82) is 0 Å². The third kappa shape index (κ3) is 6.09. The Hall–Kier alpha value is -2.87. The van der Waals surface area contributed by atoms with Gasteiger partial charge in [-0.1, -0.05) is 35.3 Å². The van der Waals surface area contributed by atoms with Crippen LogP contribution in [-0.4, -0.2) is 24.7 Å². The lowest BCUT2D eigenvalue weighted by Gasteiger charge is -2.12. The van der Waals surface area contributed by atoms with Crippen LogP contribution >= 0.6 is 39.1 Å². The predicted octanol–water partition coefficient (Wildman–Crippen LogP) is 6.14. The van der Waals surface area contributed by atoms with Crippen LogP contribution in [0.4, 0.5) is 0 Å². The zero-order valence-corrected chi connectivity index (χ0v) is 19.9. The Balaban J connectivity index is 1.74. The van der Waals surface area contributed by atoms with Crippen LogP contribution in [0.2, 0.25) is 10.0 Å². The summed E-state index contributed by atoms with van der Waals surface area (Å²) in [6.07, 6.45) is 1.46. The molecule has 0 radical (unpaired) electrons. The molecule has 0 aliphatic carbocycles. The van der Waals surface area contributed by atoms with Crippen LogP contribution in [0.3, 0.4) is 0 Å². The minimum atomic E-state index is -0.644. The van der Waals surface area contributed by atoms with Crippen molar-refractivity contribution in [3.05, 3.63) is 91.9 Å². The van der Waals surface area contributed by atoms with Gasteiger partial charge >= 0.3 is 5.97 Å². The van der Waals surface area contributed by atoms with Crippen molar-refractivity contribution in [2.75, 3.05) is 6.61 Å². The van der Waals surface area contributed by atoms with Crippen molar-refractivity contribution in [2.45, 2.75) is 6.92 Å². The predicted molar refractivity (Wildman–Crippen MR) is 128 cm³/mol. The van der Waals surface area contributed by atoms with E-state index in [-0.39, 0.29) is 22.2 Å². The molecule has 3 aromatic carbocycles. The summed E-state index contributed by atoms with van der Waals surface area (Å²) in [7, 11) is 0. The largest absolute Gasteiger partial charge is 0.490 e. The van der Waals surface area contributed by atoms with Gasteiger partial charge in [0.05, 0.1) is 29.0 Å². The van der Waals surface area contributed by atoms with Gasteiger partial charge in [0, 0.05) is 9.50 Å². The summed E-state index contributed by atoms with van der Waals surface area (Å²) in [5, 5.41) is 4.58. The maximum absolute atomic E-state index is 12.5. The summed E-state index contributed by atoms with van der Waals surface area (Å²) in [4.78, 5) is 24.7. The molecule has 0 fully saturated rings. The number of amides is 1. The molecule has 0 spiro atoms. The topological polar surface area (TPSA) is 77.0 Å². The molecule has 0 saturated carbocycles. The number of halogens is 3. The maximum atomic E-state index is 12.5. The van der Waals surface area contributed by atoms with E-state index in [1.54, 1.807) is 49.4 Å². The van der Waals surface area contributed by atoms with Crippen LogP contribution < -0.4 is 14.9 Å². The molecule has 0 saturated heterocycles. The fourth-order valence-corrected chi connectivity index (χ4v) is 3.59. The van der Waals surface area contributed by atoms with Crippen molar-refractivity contribution in [1.82, 2.24) is 5.43 Å². The average Bonchev–Trinajstić information content (AvgIpc) is 2.75. The lowest BCUT2D eigenvalue weighted by molar-refractivity contribution is 0.0728.